The molecule has 2 N–H and O–H groups in total. The summed E-state index contributed by atoms with van der Waals surface area (Å²) in [7, 11) is 1.56. The van der Waals surface area contributed by atoms with Crippen LogP contribution in [0.1, 0.15) is 32.0 Å². The van der Waals surface area contributed by atoms with E-state index in [9.17, 15) is 9.59 Å². The van der Waals surface area contributed by atoms with Crippen LogP contribution in [0.2, 0.25) is 0 Å². The van der Waals surface area contributed by atoms with E-state index in [1.807, 2.05) is 55.5 Å². The molecule has 34 heavy (non-hydrogen) atoms. The number of rotatable bonds is 8. The van der Waals surface area contributed by atoms with Crippen LogP contribution in [0.15, 0.2) is 60.7 Å². The van der Waals surface area contributed by atoms with Crippen LogP contribution in [0, 0.1) is 6.92 Å². The van der Waals surface area contributed by atoms with Crippen molar-refractivity contribution in [3.8, 4) is 5.69 Å². The van der Waals surface area contributed by atoms with Crippen molar-refractivity contribution in [2.75, 3.05) is 37.4 Å². The number of benzene rings is 2. The molecule has 0 spiro atoms. The van der Waals surface area contributed by atoms with Crippen LogP contribution < -0.4 is 10.6 Å². The maximum atomic E-state index is 13.0. The first kappa shape index (κ1) is 25.0. The number of methoxy groups -OCH3 is 1. The number of aromatic nitrogens is 2. The number of aryl methyl sites for hydroxylation is 1. The third-order valence-electron chi connectivity index (χ3n) is 5.24. The van der Waals surface area contributed by atoms with Crippen molar-refractivity contribution in [2.24, 2.45) is 0 Å². The Morgan fingerprint density at radius 2 is 1.71 bits per heavy atom. The fourth-order valence-electron chi connectivity index (χ4n) is 3.25. The van der Waals surface area contributed by atoms with Crippen LogP contribution in [0.25, 0.3) is 5.69 Å². The van der Waals surface area contributed by atoms with Crippen molar-refractivity contribution < 1.29 is 14.3 Å². The highest BCUT2D eigenvalue weighted by Crippen LogP contribution is 2.26. The number of hydrogen-bond donors (Lipinski definition) is 2. The maximum Gasteiger partial charge on any atom is 0.322 e. The predicted molar refractivity (Wildman–Crippen MR) is 135 cm³/mol. The van der Waals surface area contributed by atoms with Gasteiger partial charge in [0.2, 0.25) is 5.91 Å². The Bertz CT molecular complexity index is 1100. The molecule has 2 aromatic carbocycles. The molecule has 3 aromatic rings. The first-order valence-electron chi connectivity index (χ1n) is 11.2. The average Bonchev–Trinajstić information content (AvgIpc) is 3.22. The summed E-state index contributed by atoms with van der Waals surface area (Å²) in [5, 5.41) is 10.5. The van der Waals surface area contributed by atoms with Crippen molar-refractivity contribution >= 4 is 23.4 Å². The molecule has 3 rings (SSSR count). The zero-order valence-corrected chi connectivity index (χ0v) is 20.5. The number of para-hydroxylation sites is 1. The van der Waals surface area contributed by atoms with E-state index in [0.29, 0.717) is 18.1 Å². The van der Waals surface area contributed by atoms with Gasteiger partial charge in [-0.2, -0.15) is 5.10 Å². The molecular weight excluding hydrogens is 430 g/mol. The Hall–Kier alpha value is -3.65. The lowest BCUT2D eigenvalue weighted by atomic mass is 9.92. The SMILES string of the molecule is COCCN(CC(=O)Nc1cc(C(C)(C)C)nn1-c1ccc(C)cc1)C(=O)Nc1ccccc1. The van der Waals surface area contributed by atoms with Gasteiger partial charge < -0.3 is 20.3 Å². The number of urea groups is 1. The van der Waals surface area contributed by atoms with Gasteiger partial charge in [0, 0.05) is 30.8 Å². The second kappa shape index (κ2) is 11.0. The quantitative estimate of drug-likeness (QED) is 0.511. The van der Waals surface area contributed by atoms with Gasteiger partial charge in [-0.05, 0) is 31.2 Å². The molecule has 0 radical (unpaired) electrons. The Morgan fingerprint density at radius 3 is 2.32 bits per heavy atom. The molecule has 0 aliphatic heterocycles. The molecule has 1 aromatic heterocycles. The second-order valence-corrected chi connectivity index (χ2v) is 9.17. The van der Waals surface area contributed by atoms with Gasteiger partial charge in [-0.15, -0.1) is 0 Å². The lowest BCUT2D eigenvalue weighted by molar-refractivity contribution is -0.116. The van der Waals surface area contributed by atoms with E-state index in [1.54, 1.807) is 23.9 Å². The standard InChI is InChI=1S/C26H33N5O3/c1-19-11-13-21(14-12-19)31-23(17-22(29-31)26(2,3)4)28-24(32)18-30(15-16-34-5)25(33)27-20-9-7-6-8-10-20/h6-14,17H,15-16,18H2,1-5H3,(H,27,33)(H,28,32). The monoisotopic (exact) mass is 463 g/mol. The summed E-state index contributed by atoms with van der Waals surface area (Å²) >= 11 is 0. The Kier molecular flexibility index (Phi) is 8.07. The largest absolute Gasteiger partial charge is 0.383 e. The molecule has 0 aliphatic rings. The molecular formula is C26H33N5O3. The summed E-state index contributed by atoms with van der Waals surface area (Å²) in [6, 6.07) is 18.5. The van der Waals surface area contributed by atoms with Crippen LogP contribution in [0.4, 0.5) is 16.3 Å². The molecule has 0 unspecified atom stereocenters. The lowest BCUT2D eigenvalue weighted by Crippen LogP contribution is -2.42. The van der Waals surface area contributed by atoms with E-state index in [1.165, 1.54) is 4.90 Å². The van der Waals surface area contributed by atoms with E-state index in [2.05, 4.69) is 31.4 Å². The highest BCUT2D eigenvalue weighted by molar-refractivity contribution is 5.96. The summed E-state index contributed by atoms with van der Waals surface area (Å²) in [6.07, 6.45) is 0. The van der Waals surface area contributed by atoms with E-state index in [-0.39, 0.29) is 30.4 Å². The van der Waals surface area contributed by atoms with Gasteiger partial charge in [-0.25, -0.2) is 9.48 Å². The van der Waals surface area contributed by atoms with Crippen molar-refractivity contribution in [3.05, 3.63) is 71.9 Å². The van der Waals surface area contributed by atoms with Gasteiger partial charge in [0.25, 0.3) is 0 Å². The second-order valence-electron chi connectivity index (χ2n) is 9.17. The third kappa shape index (κ3) is 6.68. The number of carbonyl (C=O) groups excluding carboxylic acids is 2. The Morgan fingerprint density at radius 1 is 1.03 bits per heavy atom. The van der Waals surface area contributed by atoms with Crippen molar-refractivity contribution in [1.29, 1.82) is 0 Å². The molecule has 180 valence electrons. The summed E-state index contributed by atoms with van der Waals surface area (Å²) in [6.45, 7) is 8.68. The summed E-state index contributed by atoms with van der Waals surface area (Å²) in [5.74, 6) is 0.224. The molecule has 8 nitrogen and oxygen atoms in total. The van der Waals surface area contributed by atoms with Crippen LogP contribution in [-0.2, 0) is 14.9 Å². The number of amides is 3. The highest BCUT2D eigenvalue weighted by Gasteiger charge is 2.23. The molecule has 0 bridgehead atoms. The van der Waals surface area contributed by atoms with Crippen LogP contribution >= 0.6 is 0 Å². The van der Waals surface area contributed by atoms with E-state index in [0.717, 1.165) is 16.9 Å². The van der Waals surface area contributed by atoms with E-state index in [4.69, 9.17) is 9.84 Å². The predicted octanol–water partition coefficient (Wildman–Crippen LogP) is 4.60. The normalized spacial score (nSPS) is 11.2. The van der Waals surface area contributed by atoms with Crippen LogP contribution in [-0.4, -0.2) is 53.4 Å². The summed E-state index contributed by atoms with van der Waals surface area (Å²) in [4.78, 5) is 27.3. The summed E-state index contributed by atoms with van der Waals surface area (Å²) < 4.78 is 6.86. The lowest BCUT2D eigenvalue weighted by Gasteiger charge is -2.22. The minimum atomic E-state index is -0.374. The average molecular weight is 464 g/mol. The first-order chi connectivity index (χ1) is 16.2. The number of nitrogens with one attached hydrogen (secondary N) is 2. The highest BCUT2D eigenvalue weighted by atomic mass is 16.5. The Labute approximate surface area is 200 Å². The molecule has 0 atom stereocenters. The fraction of sp³-hybridized carbons (Fsp3) is 0.346. The Balaban J connectivity index is 1.79. The van der Waals surface area contributed by atoms with Gasteiger partial charge in [0.05, 0.1) is 18.0 Å². The number of anilines is 2. The fourth-order valence-corrected chi connectivity index (χ4v) is 3.25. The smallest absolute Gasteiger partial charge is 0.322 e. The molecule has 1 heterocycles. The number of carbonyl (C=O) groups is 2. The van der Waals surface area contributed by atoms with E-state index < -0.39 is 0 Å². The first-order valence-corrected chi connectivity index (χ1v) is 11.2. The van der Waals surface area contributed by atoms with Gasteiger partial charge >= 0.3 is 6.03 Å². The van der Waals surface area contributed by atoms with E-state index >= 15 is 0 Å². The number of ether oxygens (including phenoxy) is 1. The number of nitrogens with zero attached hydrogens (tertiary/aromatic N) is 3. The molecule has 0 aliphatic carbocycles. The van der Waals surface area contributed by atoms with Crippen LogP contribution in [0.5, 0.6) is 0 Å². The van der Waals surface area contributed by atoms with Gasteiger partial charge in [-0.3, -0.25) is 4.79 Å². The zero-order chi connectivity index (χ0) is 24.7. The van der Waals surface area contributed by atoms with Crippen molar-refractivity contribution in [3.63, 3.8) is 0 Å². The molecule has 0 fully saturated rings. The van der Waals surface area contributed by atoms with Gasteiger partial charge in [0.15, 0.2) is 0 Å². The van der Waals surface area contributed by atoms with Gasteiger partial charge in [-0.1, -0.05) is 56.7 Å². The molecule has 0 saturated heterocycles. The van der Waals surface area contributed by atoms with Crippen molar-refractivity contribution in [2.45, 2.75) is 33.1 Å². The summed E-state index contributed by atoms with van der Waals surface area (Å²) in [5.41, 5.74) is 3.28. The molecule has 0 saturated carbocycles. The third-order valence-corrected chi connectivity index (χ3v) is 5.24. The number of hydrogen-bond acceptors (Lipinski definition) is 4. The minimum Gasteiger partial charge on any atom is -0.383 e. The molecule has 8 heteroatoms. The minimum absolute atomic E-state index is 0.133. The van der Waals surface area contributed by atoms with Gasteiger partial charge in [0.1, 0.15) is 12.4 Å². The van der Waals surface area contributed by atoms with Crippen LogP contribution in [0.3, 0.4) is 0 Å². The van der Waals surface area contributed by atoms with Crippen molar-refractivity contribution in [1.82, 2.24) is 14.7 Å². The zero-order valence-electron chi connectivity index (χ0n) is 20.5. The maximum absolute atomic E-state index is 13.0. The molecule has 3 amide bonds. The topological polar surface area (TPSA) is 88.5 Å².